The number of aryl methyl sites for hydroxylation is 1. The molecule has 1 heterocycles. The van der Waals surface area contributed by atoms with E-state index >= 15 is 0 Å². The van der Waals surface area contributed by atoms with Crippen molar-refractivity contribution in [3.05, 3.63) is 71.4 Å². The van der Waals surface area contributed by atoms with E-state index in [0.29, 0.717) is 6.42 Å². The Bertz CT molecular complexity index is 771. The van der Waals surface area contributed by atoms with E-state index < -0.39 is 0 Å². The third kappa shape index (κ3) is 2.75. The molecule has 3 aromatic rings. The lowest BCUT2D eigenvalue weighted by molar-refractivity contribution is 0.0976. The van der Waals surface area contributed by atoms with Crippen molar-refractivity contribution in [3.63, 3.8) is 0 Å². The number of nitrogens with one attached hydrogen (secondary N) is 1. The lowest BCUT2D eigenvalue weighted by Crippen LogP contribution is -2.04. The fraction of sp³-hybridized carbons (Fsp3) is 0.211. The van der Waals surface area contributed by atoms with Gasteiger partial charge < -0.3 is 4.98 Å². The minimum Gasteiger partial charge on any atom is -0.361 e. The van der Waals surface area contributed by atoms with Gasteiger partial charge in [0, 0.05) is 29.1 Å². The van der Waals surface area contributed by atoms with Crippen LogP contribution in [0.1, 0.15) is 40.7 Å². The molecule has 0 saturated heterocycles. The van der Waals surface area contributed by atoms with Crippen molar-refractivity contribution in [2.24, 2.45) is 0 Å². The van der Waals surface area contributed by atoms with Gasteiger partial charge in [-0.1, -0.05) is 48.9 Å². The predicted molar refractivity (Wildman–Crippen MR) is 86.8 cm³/mol. The summed E-state index contributed by atoms with van der Waals surface area (Å²) in [7, 11) is 0. The Labute approximate surface area is 124 Å². The fourth-order valence-corrected chi connectivity index (χ4v) is 2.79. The Balaban J connectivity index is 1.86. The van der Waals surface area contributed by atoms with Crippen LogP contribution in [0.4, 0.5) is 0 Å². The number of hydrogen-bond donors (Lipinski definition) is 1. The largest absolute Gasteiger partial charge is 0.361 e. The van der Waals surface area contributed by atoms with Crippen LogP contribution in [0, 0.1) is 6.92 Å². The van der Waals surface area contributed by atoms with E-state index in [1.54, 1.807) is 0 Å². The van der Waals surface area contributed by atoms with Crippen LogP contribution in [0.3, 0.4) is 0 Å². The number of H-pyrrole nitrogens is 1. The second-order valence-corrected chi connectivity index (χ2v) is 5.69. The Morgan fingerprint density at radius 3 is 2.67 bits per heavy atom. The van der Waals surface area contributed by atoms with Gasteiger partial charge in [0.25, 0.3) is 0 Å². The van der Waals surface area contributed by atoms with Gasteiger partial charge in [-0.25, -0.2) is 0 Å². The Hall–Kier alpha value is -2.35. The van der Waals surface area contributed by atoms with E-state index in [-0.39, 0.29) is 11.7 Å². The third-order valence-corrected chi connectivity index (χ3v) is 3.99. The van der Waals surface area contributed by atoms with E-state index in [4.69, 9.17) is 0 Å². The maximum atomic E-state index is 12.3. The van der Waals surface area contributed by atoms with Crippen LogP contribution in [0.25, 0.3) is 10.9 Å². The number of benzene rings is 2. The molecule has 1 atom stereocenters. The molecule has 0 aliphatic carbocycles. The molecule has 3 rings (SSSR count). The number of rotatable bonds is 4. The standard InChI is InChI=1S/C19H19NO/c1-13-8-9-18-16(10-13)17(12-20-18)14(2)11-19(21)15-6-4-3-5-7-15/h3-10,12,14,20H,11H2,1-2H3. The number of ketones is 1. The first kappa shape index (κ1) is 13.6. The molecule has 1 aromatic heterocycles. The SMILES string of the molecule is Cc1ccc2[nH]cc(C(C)CC(=O)c3ccccc3)c2c1. The van der Waals surface area contributed by atoms with Crippen molar-refractivity contribution in [1.82, 2.24) is 4.98 Å². The van der Waals surface area contributed by atoms with Gasteiger partial charge >= 0.3 is 0 Å². The zero-order valence-electron chi connectivity index (χ0n) is 12.4. The number of aromatic nitrogens is 1. The van der Waals surface area contributed by atoms with Crippen LogP contribution in [-0.2, 0) is 0 Å². The minimum absolute atomic E-state index is 0.199. The molecule has 0 aliphatic heterocycles. The van der Waals surface area contributed by atoms with Crippen molar-refractivity contribution in [1.29, 1.82) is 0 Å². The monoisotopic (exact) mass is 277 g/mol. The highest BCUT2D eigenvalue weighted by Crippen LogP contribution is 2.29. The van der Waals surface area contributed by atoms with Gasteiger partial charge in [-0.05, 0) is 30.5 Å². The molecular formula is C19H19NO. The summed E-state index contributed by atoms with van der Waals surface area (Å²) < 4.78 is 0. The van der Waals surface area contributed by atoms with E-state index in [1.807, 2.05) is 36.5 Å². The van der Waals surface area contributed by atoms with Gasteiger partial charge in [-0.15, -0.1) is 0 Å². The molecule has 2 aromatic carbocycles. The molecule has 0 radical (unpaired) electrons. The van der Waals surface area contributed by atoms with Crippen LogP contribution in [0.2, 0.25) is 0 Å². The van der Waals surface area contributed by atoms with Crippen LogP contribution in [-0.4, -0.2) is 10.8 Å². The normalized spacial score (nSPS) is 12.5. The van der Waals surface area contributed by atoms with Gasteiger partial charge in [0.2, 0.25) is 0 Å². The van der Waals surface area contributed by atoms with Crippen LogP contribution in [0.5, 0.6) is 0 Å². The number of carbonyl (C=O) groups excluding carboxylic acids is 1. The van der Waals surface area contributed by atoms with E-state index in [2.05, 4.69) is 37.0 Å². The lowest BCUT2D eigenvalue weighted by Gasteiger charge is -2.10. The molecule has 0 aliphatic rings. The minimum atomic E-state index is 0.199. The van der Waals surface area contributed by atoms with E-state index in [1.165, 1.54) is 16.5 Å². The molecule has 1 N–H and O–H groups in total. The summed E-state index contributed by atoms with van der Waals surface area (Å²) in [6.45, 7) is 4.21. The highest BCUT2D eigenvalue weighted by Gasteiger charge is 2.16. The van der Waals surface area contributed by atoms with E-state index in [0.717, 1.165) is 11.1 Å². The zero-order chi connectivity index (χ0) is 14.8. The fourth-order valence-electron chi connectivity index (χ4n) is 2.79. The lowest BCUT2D eigenvalue weighted by atomic mass is 9.92. The molecule has 0 fully saturated rings. The smallest absolute Gasteiger partial charge is 0.163 e. The highest BCUT2D eigenvalue weighted by molar-refractivity contribution is 5.97. The summed E-state index contributed by atoms with van der Waals surface area (Å²) in [5.74, 6) is 0.401. The summed E-state index contributed by atoms with van der Waals surface area (Å²) >= 11 is 0. The summed E-state index contributed by atoms with van der Waals surface area (Å²) in [5, 5.41) is 1.23. The average molecular weight is 277 g/mol. The second-order valence-electron chi connectivity index (χ2n) is 5.69. The topological polar surface area (TPSA) is 32.9 Å². The van der Waals surface area contributed by atoms with Gasteiger partial charge in [0.15, 0.2) is 5.78 Å². The Morgan fingerprint density at radius 2 is 1.90 bits per heavy atom. The molecule has 2 heteroatoms. The predicted octanol–water partition coefficient (Wildman–Crippen LogP) is 4.85. The molecule has 0 bridgehead atoms. The second kappa shape index (κ2) is 5.57. The van der Waals surface area contributed by atoms with Gasteiger partial charge in [0.05, 0.1) is 0 Å². The van der Waals surface area contributed by atoms with Crippen molar-refractivity contribution in [2.75, 3.05) is 0 Å². The first-order chi connectivity index (χ1) is 10.1. The Morgan fingerprint density at radius 1 is 1.14 bits per heavy atom. The quantitative estimate of drug-likeness (QED) is 0.679. The first-order valence-electron chi connectivity index (χ1n) is 7.31. The van der Waals surface area contributed by atoms with Crippen molar-refractivity contribution in [3.8, 4) is 0 Å². The molecular weight excluding hydrogens is 258 g/mol. The summed E-state index contributed by atoms with van der Waals surface area (Å²) in [4.78, 5) is 15.6. The van der Waals surface area contributed by atoms with Crippen LogP contribution >= 0.6 is 0 Å². The summed E-state index contributed by atoms with van der Waals surface area (Å²) in [5.41, 5.74) is 4.39. The number of hydrogen-bond acceptors (Lipinski definition) is 1. The molecule has 0 spiro atoms. The first-order valence-corrected chi connectivity index (χ1v) is 7.31. The number of Topliss-reactive ketones (excluding diaryl/α,β-unsaturated/α-hetero) is 1. The van der Waals surface area contributed by atoms with Crippen LogP contribution < -0.4 is 0 Å². The third-order valence-electron chi connectivity index (χ3n) is 3.99. The average Bonchev–Trinajstić information content (AvgIpc) is 2.91. The maximum absolute atomic E-state index is 12.3. The number of carbonyl (C=O) groups is 1. The molecule has 1 unspecified atom stereocenters. The number of fused-ring (bicyclic) bond motifs is 1. The summed E-state index contributed by atoms with van der Waals surface area (Å²) in [6.07, 6.45) is 2.57. The summed E-state index contributed by atoms with van der Waals surface area (Å²) in [6, 6.07) is 15.9. The molecule has 0 amide bonds. The van der Waals surface area contributed by atoms with Crippen molar-refractivity contribution >= 4 is 16.7 Å². The molecule has 21 heavy (non-hydrogen) atoms. The Kier molecular flexibility index (Phi) is 3.61. The van der Waals surface area contributed by atoms with Crippen molar-refractivity contribution < 1.29 is 4.79 Å². The number of aromatic amines is 1. The molecule has 2 nitrogen and oxygen atoms in total. The van der Waals surface area contributed by atoms with Gasteiger partial charge in [0.1, 0.15) is 0 Å². The van der Waals surface area contributed by atoms with Crippen molar-refractivity contribution in [2.45, 2.75) is 26.2 Å². The zero-order valence-corrected chi connectivity index (χ0v) is 12.4. The highest BCUT2D eigenvalue weighted by atomic mass is 16.1. The van der Waals surface area contributed by atoms with Gasteiger partial charge in [-0.3, -0.25) is 4.79 Å². The molecule has 106 valence electrons. The maximum Gasteiger partial charge on any atom is 0.163 e. The van der Waals surface area contributed by atoms with Gasteiger partial charge in [-0.2, -0.15) is 0 Å². The van der Waals surface area contributed by atoms with Crippen LogP contribution in [0.15, 0.2) is 54.7 Å². The molecule has 0 saturated carbocycles. The van der Waals surface area contributed by atoms with E-state index in [9.17, 15) is 4.79 Å².